The quantitative estimate of drug-likeness (QED) is 0.166. The zero-order chi connectivity index (χ0) is 37.8. The zero-order valence-electron chi connectivity index (χ0n) is 32.1. The molecule has 0 saturated carbocycles. The van der Waals surface area contributed by atoms with Crippen molar-refractivity contribution in [2.75, 3.05) is 4.90 Å². The summed E-state index contributed by atoms with van der Waals surface area (Å²) in [6.45, 7) is 9.93. The van der Waals surface area contributed by atoms with Gasteiger partial charge in [0.2, 0.25) is 0 Å². The van der Waals surface area contributed by atoms with Crippen molar-refractivity contribution >= 4 is 54.0 Å². The number of rotatable bonds is 4. The Balaban J connectivity index is 1.02. The molecule has 3 aliphatic heterocycles. The molecule has 0 radical (unpaired) electrons. The van der Waals surface area contributed by atoms with E-state index in [1.165, 1.54) is 65.3 Å². The predicted octanol–water partition coefficient (Wildman–Crippen LogP) is 11.9. The Bertz CT molecular complexity index is 2740. The van der Waals surface area contributed by atoms with E-state index in [1.807, 2.05) is 0 Å². The molecule has 0 saturated heterocycles. The number of benzene rings is 8. The van der Waals surface area contributed by atoms with Crippen molar-refractivity contribution in [2.45, 2.75) is 26.2 Å². The van der Waals surface area contributed by atoms with Crippen LogP contribution in [0.4, 0.5) is 17.1 Å². The molecule has 0 spiro atoms. The number of nitrogens with zero attached hydrogens (tertiary/aromatic N) is 1. The van der Waals surface area contributed by atoms with E-state index < -0.39 is 16.1 Å². The molecule has 4 heteroatoms. The molecule has 268 valence electrons. The van der Waals surface area contributed by atoms with Crippen LogP contribution in [0, 0.1) is 0 Å². The highest BCUT2D eigenvalue weighted by atomic mass is 28.3. The fourth-order valence-electron chi connectivity index (χ4n) is 9.65. The molecule has 0 bridgehead atoms. The van der Waals surface area contributed by atoms with Gasteiger partial charge in [-0.3, -0.25) is 0 Å². The summed E-state index contributed by atoms with van der Waals surface area (Å²) in [5.41, 5.74) is 16.0. The lowest BCUT2D eigenvalue weighted by Gasteiger charge is -2.33. The Kier molecular flexibility index (Phi) is 7.19. The summed E-state index contributed by atoms with van der Waals surface area (Å²) < 4.78 is 6.99. The topological polar surface area (TPSA) is 12.5 Å². The molecular formula is C52H41NOSi2. The van der Waals surface area contributed by atoms with Crippen LogP contribution in [0.15, 0.2) is 176 Å². The molecular weight excluding hydrogens is 711 g/mol. The lowest BCUT2D eigenvalue weighted by atomic mass is 9.98. The van der Waals surface area contributed by atoms with Crippen LogP contribution in [0.25, 0.3) is 55.6 Å². The van der Waals surface area contributed by atoms with Gasteiger partial charge in [-0.1, -0.05) is 166 Å². The second-order valence-corrected chi connectivity index (χ2v) is 25.2. The molecule has 8 aromatic rings. The van der Waals surface area contributed by atoms with Crippen molar-refractivity contribution in [3.63, 3.8) is 0 Å². The zero-order valence-corrected chi connectivity index (χ0v) is 34.1. The Morgan fingerprint density at radius 1 is 0.339 bits per heavy atom. The van der Waals surface area contributed by atoms with Gasteiger partial charge in [0.1, 0.15) is 16.1 Å². The number of ether oxygens (including phenoxy) is 1. The Morgan fingerprint density at radius 2 is 0.732 bits per heavy atom. The third-order valence-electron chi connectivity index (χ3n) is 12.7. The van der Waals surface area contributed by atoms with Gasteiger partial charge in [-0.15, -0.1) is 0 Å². The first-order chi connectivity index (χ1) is 27.3. The van der Waals surface area contributed by atoms with Crippen molar-refractivity contribution in [1.82, 2.24) is 0 Å². The Labute approximate surface area is 331 Å². The normalized spacial score (nSPS) is 14.8. The largest absolute Gasteiger partial charge is 0.453 e. The molecule has 0 aliphatic carbocycles. The third-order valence-corrected chi connectivity index (χ3v) is 19.8. The molecule has 56 heavy (non-hydrogen) atoms. The Hall–Kier alpha value is -6.21. The van der Waals surface area contributed by atoms with Crippen LogP contribution in [0.2, 0.25) is 26.2 Å². The molecule has 3 heterocycles. The van der Waals surface area contributed by atoms with Gasteiger partial charge in [0.05, 0.1) is 11.4 Å². The van der Waals surface area contributed by atoms with E-state index in [-0.39, 0.29) is 0 Å². The van der Waals surface area contributed by atoms with Crippen LogP contribution >= 0.6 is 0 Å². The van der Waals surface area contributed by atoms with E-state index in [0.29, 0.717) is 0 Å². The van der Waals surface area contributed by atoms with Gasteiger partial charge >= 0.3 is 0 Å². The summed E-state index contributed by atoms with van der Waals surface area (Å²) in [7, 11) is -3.63. The van der Waals surface area contributed by atoms with Gasteiger partial charge in [0.25, 0.3) is 0 Å². The van der Waals surface area contributed by atoms with E-state index in [4.69, 9.17) is 4.74 Å². The predicted molar refractivity (Wildman–Crippen MR) is 242 cm³/mol. The van der Waals surface area contributed by atoms with E-state index in [0.717, 1.165) is 39.7 Å². The van der Waals surface area contributed by atoms with Gasteiger partial charge in [-0.2, -0.15) is 0 Å². The van der Waals surface area contributed by atoms with Gasteiger partial charge in [0.15, 0.2) is 11.5 Å². The first kappa shape index (κ1) is 33.2. The molecule has 0 aromatic heterocycles. The van der Waals surface area contributed by atoms with Crippen molar-refractivity contribution in [2.24, 2.45) is 0 Å². The van der Waals surface area contributed by atoms with Crippen molar-refractivity contribution in [3.8, 4) is 67.1 Å². The van der Waals surface area contributed by atoms with Crippen molar-refractivity contribution < 1.29 is 4.74 Å². The first-order valence-electron chi connectivity index (χ1n) is 19.7. The van der Waals surface area contributed by atoms with Crippen LogP contribution in [0.1, 0.15) is 0 Å². The summed E-state index contributed by atoms with van der Waals surface area (Å²) in [5.74, 6) is 1.72. The molecule has 0 atom stereocenters. The van der Waals surface area contributed by atoms with Gasteiger partial charge in [-0.05, 0) is 113 Å². The highest BCUT2D eigenvalue weighted by molar-refractivity contribution is 7.04. The van der Waals surface area contributed by atoms with E-state index >= 15 is 0 Å². The summed E-state index contributed by atoms with van der Waals surface area (Å²) in [5, 5.41) is 6.07. The number of hydrogen-bond acceptors (Lipinski definition) is 2. The van der Waals surface area contributed by atoms with E-state index in [9.17, 15) is 0 Å². The second-order valence-electron chi connectivity index (χ2n) is 16.6. The van der Waals surface area contributed by atoms with E-state index in [2.05, 4.69) is 207 Å². The van der Waals surface area contributed by atoms with Crippen molar-refractivity contribution in [1.29, 1.82) is 0 Å². The second kappa shape index (κ2) is 12.1. The smallest absolute Gasteiger partial charge is 0.152 e. The Morgan fingerprint density at radius 3 is 1.25 bits per heavy atom. The first-order valence-corrected chi connectivity index (χ1v) is 25.7. The van der Waals surface area contributed by atoms with Crippen LogP contribution < -0.4 is 30.4 Å². The lowest BCUT2D eigenvalue weighted by molar-refractivity contribution is 0.477. The maximum atomic E-state index is 6.99. The fourth-order valence-corrected chi connectivity index (χ4v) is 15.9. The molecule has 2 nitrogen and oxygen atoms in total. The summed E-state index contributed by atoms with van der Waals surface area (Å²) >= 11 is 0. The highest BCUT2D eigenvalue weighted by Crippen LogP contribution is 2.52. The summed E-state index contributed by atoms with van der Waals surface area (Å²) in [4.78, 5) is 2.36. The average Bonchev–Trinajstić information content (AvgIpc) is 3.61. The number of fused-ring (bicyclic) bond motifs is 8. The molecule has 11 rings (SSSR count). The minimum absolute atomic E-state index is 0.859. The molecule has 8 aromatic carbocycles. The lowest BCUT2D eigenvalue weighted by Crippen LogP contribution is -2.49. The number of anilines is 3. The highest BCUT2D eigenvalue weighted by Gasteiger charge is 2.38. The maximum absolute atomic E-state index is 6.99. The minimum Gasteiger partial charge on any atom is -0.453 e. The van der Waals surface area contributed by atoms with Crippen LogP contribution in [0.3, 0.4) is 0 Å². The molecule has 0 N–H and O–H groups in total. The minimum atomic E-state index is -1.82. The molecule has 3 aliphatic rings. The van der Waals surface area contributed by atoms with E-state index in [1.54, 1.807) is 0 Å². The fraction of sp³-hybridized carbons (Fsp3) is 0.0769. The monoisotopic (exact) mass is 751 g/mol. The summed E-state index contributed by atoms with van der Waals surface area (Å²) in [6, 6.07) is 65.2. The molecule has 0 amide bonds. The molecule has 0 fully saturated rings. The van der Waals surface area contributed by atoms with Crippen LogP contribution in [0.5, 0.6) is 11.5 Å². The van der Waals surface area contributed by atoms with Gasteiger partial charge < -0.3 is 9.64 Å². The maximum Gasteiger partial charge on any atom is 0.152 e. The van der Waals surface area contributed by atoms with Gasteiger partial charge in [0, 0.05) is 5.69 Å². The van der Waals surface area contributed by atoms with Gasteiger partial charge in [-0.25, -0.2) is 0 Å². The van der Waals surface area contributed by atoms with Crippen molar-refractivity contribution in [3.05, 3.63) is 176 Å². The SMILES string of the molecule is C[Si]1(C)c2ccccc2-c2ccc(-c3ccc4c(c3)Oc3cc(-c5ccc6c(c5)[Si](C)(C)c5ccccc5-6)ccc3N4c3ccc(-c4ccccc4)cc3)cc21. The van der Waals surface area contributed by atoms with Crippen LogP contribution in [-0.4, -0.2) is 16.1 Å². The third kappa shape index (κ3) is 4.92. The standard InChI is InChI=1S/C52H41NOSi2/c1-55(2)49-16-10-8-14-41(49)43-26-20-38(32-51(43)55)36-22-28-45-47(30-36)54-48-31-37(39-21-27-44-42-15-9-11-17-50(42)56(3,4)52(44)33-39)23-29-46(48)53(45)40-24-18-35(19-25-40)34-12-6-5-7-13-34/h5-33H,1-4H3. The number of hydrogen-bond donors (Lipinski definition) is 0. The average molecular weight is 752 g/mol. The molecule has 0 unspecified atom stereocenters. The van der Waals surface area contributed by atoms with Crippen LogP contribution in [-0.2, 0) is 0 Å². The summed E-state index contributed by atoms with van der Waals surface area (Å²) in [6.07, 6.45) is 0.